The summed E-state index contributed by atoms with van der Waals surface area (Å²) in [4.78, 5) is 29.9. The van der Waals surface area contributed by atoms with Crippen molar-refractivity contribution < 1.29 is 27.9 Å². The van der Waals surface area contributed by atoms with Crippen LogP contribution in [0.5, 0.6) is 11.5 Å². The molecule has 0 radical (unpaired) electrons. The highest BCUT2D eigenvalue weighted by molar-refractivity contribution is 5.89. The van der Waals surface area contributed by atoms with Gasteiger partial charge in [-0.15, -0.1) is 10.2 Å². The van der Waals surface area contributed by atoms with Gasteiger partial charge >= 0.3 is 0 Å². The SMILES string of the molecule is COc1ccc(-c2nnn(CC(=O)N(Cc3ccco3)[C@H](C(=O)NC(C)(C)C)c3ccc(F)cc3)n2)cc1OC. The summed E-state index contributed by atoms with van der Waals surface area (Å²) in [6.07, 6.45) is 1.48. The van der Waals surface area contributed by atoms with Crippen LogP contribution < -0.4 is 14.8 Å². The molecule has 2 heterocycles. The van der Waals surface area contributed by atoms with Crippen LogP contribution in [0.25, 0.3) is 11.4 Å². The van der Waals surface area contributed by atoms with Crippen LogP contribution in [0, 0.1) is 5.82 Å². The summed E-state index contributed by atoms with van der Waals surface area (Å²) in [5.41, 5.74) is 0.453. The molecule has 0 bridgehead atoms. The molecule has 1 N–H and O–H groups in total. The summed E-state index contributed by atoms with van der Waals surface area (Å²) in [7, 11) is 3.05. The molecule has 4 aromatic rings. The molecular weight excluding hydrogens is 519 g/mol. The summed E-state index contributed by atoms with van der Waals surface area (Å²) in [5, 5.41) is 15.4. The first-order chi connectivity index (χ1) is 19.1. The molecule has 11 nitrogen and oxygen atoms in total. The molecule has 12 heteroatoms. The molecule has 4 rings (SSSR count). The number of benzene rings is 2. The van der Waals surface area contributed by atoms with Crippen molar-refractivity contribution in [1.29, 1.82) is 0 Å². The smallest absolute Gasteiger partial charge is 0.247 e. The van der Waals surface area contributed by atoms with Crippen molar-refractivity contribution >= 4 is 11.8 Å². The largest absolute Gasteiger partial charge is 0.493 e. The lowest BCUT2D eigenvalue weighted by atomic mass is 10.0. The van der Waals surface area contributed by atoms with Crippen LogP contribution >= 0.6 is 0 Å². The molecule has 0 aliphatic rings. The number of hydrogen-bond acceptors (Lipinski definition) is 8. The lowest BCUT2D eigenvalue weighted by Gasteiger charge is -2.33. The minimum Gasteiger partial charge on any atom is -0.493 e. The Hall–Kier alpha value is -4.74. The Bertz CT molecular complexity index is 1450. The minimum absolute atomic E-state index is 0.0251. The minimum atomic E-state index is -1.09. The zero-order valence-corrected chi connectivity index (χ0v) is 22.9. The Balaban J connectivity index is 1.66. The van der Waals surface area contributed by atoms with Gasteiger partial charge in [-0.2, -0.15) is 4.80 Å². The lowest BCUT2D eigenvalue weighted by molar-refractivity contribution is -0.143. The van der Waals surface area contributed by atoms with Crippen LogP contribution in [0.1, 0.15) is 38.1 Å². The second kappa shape index (κ2) is 12.0. The van der Waals surface area contributed by atoms with Crippen molar-refractivity contribution in [1.82, 2.24) is 30.4 Å². The number of carbonyl (C=O) groups excluding carboxylic acids is 2. The summed E-state index contributed by atoms with van der Waals surface area (Å²) in [6, 6.07) is 12.9. The monoisotopic (exact) mass is 550 g/mol. The number of nitrogens with one attached hydrogen (secondary N) is 1. The molecule has 210 valence electrons. The van der Waals surface area contributed by atoms with E-state index in [1.54, 1.807) is 30.3 Å². The van der Waals surface area contributed by atoms with Crippen LogP contribution in [-0.2, 0) is 22.7 Å². The Labute approximate surface area is 230 Å². The van der Waals surface area contributed by atoms with E-state index in [1.165, 1.54) is 49.6 Å². The number of tetrazole rings is 1. The third-order valence-corrected chi connectivity index (χ3v) is 5.84. The highest BCUT2D eigenvalue weighted by Crippen LogP contribution is 2.31. The lowest BCUT2D eigenvalue weighted by Crippen LogP contribution is -2.49. The number of halogens is 1. The van der Waals surface area contributed by atoms with Crippen molar-refractivity contribution in [3.63, 3.8) is 0 Å². The van der Waals surface area contributed by atoms with Gasteiger partial charge in [-0.05, 0) is 74.0 Å². The van der Waals surface area contributed by atoms with Crippen molar-refractivity contribution in [2.45, 2.75) is 45.4 Å². The maximum atomic E-state index is 13.8. The molecule has 0 fully saturated rings. The molecule has 1 atom stereocenters. The quantitative estimate of drug-likeness (QED) is 0.316. The molecule has 0 aliphatic heterocycles. The number of nitrogens with zero attached hydrogens (tertiary/aromatic N) is 5. The predicted molar refractivity (Wildman–Crippen MR) is 143 cm³/mol. The molecule has 0 spiro atoms. The second-order valence-electron chi connectivity index (χ2n) is 10.0. The number of aromatic nitrogens is 4. The highest BCUT2D eigenvalue weighted by atomic mass is 19.1. The van der Waals surface area contributed by atoms with Crippen LogP contribution in [0.4, 0.5) is 4.39 Å². The van der Waals surface area contributed by atoms with Gasteiger partial charge in [0.1, 0.15) is 24.2 Å². The normalized spacial score (nSPS) is 12.1. The number of furan rings is 1. The highest BCUT2D eigenvalue weighted by Gasteiger charge is 2.34. The summed E-state index contributed by atoms with van der Waals surface area (Å²) in [6.45, 7) is 5.16. The Morgan fingerprint density at radius 3 is 2.42 bits per heavy atom. The number of ether oxygens (including phenoxy) is 2. The Morgan fingerprint density at radius 1 is 1.07 bits per heavy atom. The first kappa shape index (κ1) is 28.3. The fourth-order valence-corrected chi connectivity index (χ4v) is 4.06. The van der Waals surface area contributed by atoms with Gasteiger partial charge in [0.2, 0.25) is 17.6 Å². The van der Waals surface area contributed by atoms with E-state index in [-0.39, 0.29) is 18.9 Å². The van der Waals surface area contributed by atoms with E-state index in [0.717, 1.165) is 4.80 Å². The average Bonchev–Trinajstić information content (AvgIpc) is 3.60. The van der Waals surface area contributed by atoms with E-state index in [1.807, 2.05) is 20.8 Å². The first-order valence-corrected chi connectivity index (χ1v) is 12.5. The van der Waals surface area contributed by atoms with E-state index in [0.29, 0.717) is 28.4 Å². The number of carbonyl (C=O) groups is 2. The topological polar surface area (TPSA) is 125 Å². The van der Waals surface area contributed by atoms with Crippen molar-refractivity contribution in [2.24, 2.45) is 0 Å². The number of methoxy groups -OCH3 is 2. The predicted octanol–water partition coefficient (Wildman–Crippen LogP) is 3.77. The van der Waals surface area contributed by atoms with Gasteiger partial charge < -0.3 is 24.1 Å². The molecule has 0 saturated heterocycles. The molecule has 0 unspecified atom stereocenters. The number of rotatable bonds is 10. The summed E-state index contributed by atoms with van der Waals surface area (Å²) >= 11 is 0. The fraction of sp³-hybridized carbons (Fsp3) is 0.321. The zero-order chi connectivity index (χ0) is 28.9. The summed E-state index contributed by atoms with van der Waals surface area (Å²) < 4.78 is 29.9. The Morgan fingerprint density at radius 2 is 1.80 bits per heavy atom. The van der Waals surface area contributed by atoms with Gasteiger partial charge in [0.25, 0.3) is 0 Å². The van der Waals surface area contributed by atoms with Gasteiger partial charge in [0, 0.05) is 11.1 Å². The van der Waals surface area contributed by atoms with E-state index < -0.39 is 29.2 Å². The number of hydrogen-bond donors (Lipinski definition) is 1. The standard InChI is InChI=1S/C28H31FN6O5/c1-28(2,3)30-27(37)25(18-8-11-20(29)12-9-18)34(16-21-7-6-14-40-21)24(36)17-35-32-26(31-33-35)19-10-13-22(38-4)23(15-19)39-5/h6-15,25H,16-17H2,1-5H3,(H,30,37)/t25-/m0/s1. The van der Waals surface area contributed by atoms with Gasteiger partial charge in [-0.3, -0.25) is 9.59 Å². The van der Waals surface area contributed by atoms with Crippen LogP contribution in [0.2, 0.25) is 0 Å². The molecule has 2 aromatic carbocycles. The second-order valence-corrected chi connectivity index (χ2v) is 10.0. The fourth-order valence-electron chi connectivity index (χ4n) is 4.06. The molecule has 40 heavy (non-hydrogen) atoms. The van der Waals surface area contributed by atoms with Crippen molar-refractivity contribution in [3.05, 3.63) is 78.0 Å². The van der Waals surface area contributed by atoms with Gasteiger partial charge in [-0.1, -0.05) is 12.1 Å². The van der Waals surface area contributed by atoms with Crippen molar-refractivity contribution in [2.75, 3.05) is 14.2 Å². The van der Waals surface area contributed by atoms with E-state index in [9.17, 15) is 14.0 Å². The van der Waals surface area contributed by atoms with Gasteiger partial charge in [0.05, 0.1) is 27.0 Å². The van der Waals surface area contributed by atoms with Crippen LogP contribution in [-0.4, -0.2) is 56.7 Å². The van der Waals surface area contributed by atoms with Gasteiger partial charge in [-0.25, -0.2) is 4.39 Å². The van der Waals surface area contributed by atoms with Crippen LogP contribution in [0.15, 0.2) is 65.3 Å². The summed E-state index contributed by atoms with van der Waals surface area (Å²) in [5.74, 6) is 0.389. The molecular formula is C28H31FN6O5. The third-order valence-electron chi connectivity index (χ3n) is 5.84. The Kier molecular flexibility index (Phi) is 8.46. The molecule has 0 aliphatic carbocycles. The van der Waals surface area contributed by atoms with Crippen molar-refractivity contribution in [3.8, 4) is 22.9 Å². The van der Waals surface area contributed by atoms with Crippen LogP contribution in [0.3, 0.4) is 0 Å². The van der Waals surface area contributed by atoms with Gasteiger partial charge in [0.15, 0.2) is 11.5 Å². The maximum absolute atomic E-state index is 13.8. The van der Waals surface area contributed by atoms with E-state index >= 15 is 0 Å². The maximum Gasteiger partial charge on any atom is 0.247 e. The molecule has 2 aromatic heterocycles. The zero-order valence-electron chi connectivity index (χ0n) is 22.9. The molecule has 2 amide bonds. The van der Waals surface area contributed by atoms with E-state index in [2.05, 4.69) is 20.7 Å². The first-order valence-electron chi connectivity index (χ1n) is 12.5. The average molecular weight is 551 g/mol. The van der Waals surface area contributed by atoms with E-state index in [4.69, 9.17) is 13.9 Å². The number of amides is 2. The molecule has 0 saturated carbocycles. The third kappa shape index (κ3) is 6.82.